The van der Waals surface area contributed by atoms with Gasteiger partial charge < -0.3 is 9.15 Å². The summed E-state index contributed by atoms with van der Waals surface area (Å²) in [4.78, 5) is 0. The highest BCUT2D eigenvalue weighted by Gasteiger charge is 2.10. The van der Waals surface area contributed by atoms with Crippen molar-refractivity contribution in [2.75, 3.05) is 6.61 Å². The van der Waals surface area contributed by atoms with E-state index in [-0.39, 0.29) is 0 Å². The van der Waals surface area contributed by atoms with E-state index in [2.05, 4.69) is 13.0 Å². The van der Waals surface area contributed by atoms with E-state index >= 15 is 0 Å². The molecule has 0 saturated heterocycles. The molecular formula is C16H16O2. The molecule has 18 heavy (non-hydrogen) atoms. The molecule has 0 aliphatic heterocycles. The molecule has 3 rings (SSSR count). The van der Waals surface area contributed by atoms with Crippen LogP contribution in [0.4, 0.5) is 0 Å². The van der Waals surface area contributed by atoms with E-state index in [9.17, 15) is 0 Å². The van der Waals surface area contributed by atoms with E-state index in [0.29, 0.717) is 0 Å². The zero-order valence-corrected chi connectivity index (χ0v) is 10.5. The summed E-state index contributed by atoms with van der Waals surface area (Å²) in [6.45, 7) is 2.92. The highest BCUT2D eigenvalue weighted by atomic mass is 16.5. The van der Waals surface area contributed by atoms with Crippen LogP contribution in [0.3, 0.4) is 0 Å². The molecule has 0 aliphatic rings. The van der Waals surface area contributed by atoms with Crippen molar-refractivity contribution in [3.8, 4) is 5.75 Å². The number of para-hydroxylation sites is 1. The van der Waals surface area contributed by atoms with Crippen LogP contribution in [0.15, 0.2) is 46.9 Å². The van der Waals surface area contributed by atoms with E-state index < -0.39 is 0 Å². The first-order valence-corrected chi connectivity index (χ1v) is 6.43. The summed E-state index contributed by atoms with van der Waals surface area (Å²) < 4.78 is 11.7. The van der Waals surface area contributed by atoms with Crippen LogP contribution in [0, 0.1) is 0 Å². The number of ether oxygens (including phenoxy) is 1. The number of furan rings is 1. The van der Waals surface area contributed by atoms with Gasteiger partial charge in [0.1, 0.15) is 16.9 Å². The summed E-state index contributed by atoms with van der Waals surface area (Å²) in [6.07, 6.45) is 2.22. The maximum atomic E-state index is 5.87. The molecule has 1 heterocycles. The van der Waals surface area contributed by atoms with Crippen molar-refractivity contribution in [3.63, 3.8) is 0 Å². The first-order chi connectivity index (χ1) is 8.90. The zero-order valence-electron chi connectivity index (χ0n) is 10.5. The second-order valence-corrected chi connectivity index (χ2v) is 4.43. The van der Waals surface area contributed by atoms with Crippen molar-refractivity contribution in [1.29, 1.82) is 0 Å². The highest BCUT2D eigenvalue weighted by molar-refractivity contribution is 6.08. The standard InChI is InChI=1S/C16H16O2/c1-2-3-11-17-14-9-6-10-15-16(14)12-7-4-5-8-13(12)18-15/h4-10H,2-3,11H2,1H3. The second kappa shape index (κ2) is 4.73. The van der Waals surface area contributed by atoms with Crippen LogP contribution in [0.1, 0.15) is 19.8 Å². The summed E-state index contributed by atoms with van der Waals surface area (Å²) in [5.74, 6) is 0.922. The first kappa shape index (κ1) is 11.1. The molecule has 0 spiro atoms. The number of fused-ring (bicyclic) bond motifs is 3. The SMILES string of the molecule is CCCCOc1cccc2oc3ccccc3c12. The smallest absolute Gasteiger partial charge is 0.139 e. The van der Waals surface area contributed by atoms with Gasteiger partial charge in [0.15, 0.2) is 0 Å². The summed E-state index contributed by atoms with van der Waals surface area (Å²) >= 11 is 0. The van der Waals surface area contributed by atoms with Crippen molar-refractivity contribution in [2.24, 2.45) is 0 Å². The lowest BCUT2D eigenvalue weighted by Gasteiger charge is -2.06. The Kier molecular flexibility index (Phi) is 2.93. The van der Waals surface area contributed by atoms with E-state index in [1.165, 1.54) is 0 Å². The fourth-order valence-electron chi connectivity index (χ4n) is 2.19. The Morgan fingerprint density at radius 2 is 1.83 bits per heavy atom. The fourth-order valence-corrected chi connectivity index (χ4v) is 2.19. The Labute approximate surface area is 106 Å². The molecule has 1 aromatic heterocycles. The van der Waals surface area contributed by atoms with Crippen LogP contribution >= 0.6 is 0 Å². The predicted octanol–water partition coefficient (Wildman–Crippen LogP) is 4.76. The molecule has 92 valence electrons. The lowest BCUT2D eigenvalue weighted by Crippen LogP contribution is -1.96. The molecule has 0 radical (unpaired) electrons. The normalized spacial score (nSPS) is 11.2. The minimum atomic E-state index is 0.759. The zero-order chi connectivity index (χ0) is 12.4. The van der Waals surface area contributed by atoms with Crippen LogP contribution < -0.4 is 4.74 Å². The van der Waals surface area contributed by atoms with Crippen LogP contribution in [-0.4, -0.2) is 6.61 Å². The average molecular weight is 240 g/mol. The molecule has 2 heteroatoms. The number of hydrogen-bond acceptors (Lipinski definition) is 2. The van der Waals surface area contributed by atoms with Gasteiger partial charge >= 0.3 is 0 Å². The van der Waals surface area contributed by atoms with Crippen LogP contribution in [0.25, 0.3) is 21.9 Å². The maximum Gasteiger partial charge on any atom is 0.139 e. The Bertz CT molecular complexity index is 667. The molecule has 3 aromatic rings. The summed E-state index contributed by atoms with van der Waals surface area (Å²) in [7, 11) is 0. The Morgan fingerprint density at radius 1 is 1.00 bits per heavy atom. The van der Waals surface area contributed by atoms with Crippen molar-refractivity contribution in [3.05, 3.63) is 42.5 Å². The molecule has 2 nitrogen and oxygen atoms in total. The number of unbranched alkanes of at least 4 members (excludes halogenated alkanes) is 1. The number of benzene rings is 2. The third kappa shape index (κ3) is 1.84. The van der Waals surface area contributed by atoms with Crippen LogP contribution in [0.2, 0.25) is 0 Å². The van der Waals surface area contributed by atoms with Crippen molar-refractivity contribution < 1.29 is 9.15 Å². The molecule has 0 amide bonds. The average Bonchev–Trinajstić information content (AvgIpc) is 2.78. The van der Waals surface area contributed by atoms with E-state index in [1.807, 2.05) is 36.4 Å². The van der Waals surface area contributed by atoms with Gasteiger partial charge in [-0.25, -0.2) is 0 Å². The third-order valence-corrected chi connectivity index (χ3v) is 3.12. The van der Waals surface area contributed by atoms with Gasteiger partial charge in [-0.2, -0.15) is 0 Å². The van der Waals surface area contributed by atoms with Gasteiger partial charge in [-0.1, -0.05) is 37.6 Å². The molecular weight excluding hydrogens is 224 g/mol. The fraction of sp³-hybridized carbons (Fsp3) is 0.250. The minimum absolute atomic E-state index is 0.759. The largest absolute Gasteiger partial charge is 0.493 e. The van der Waals surface area contributed by atoms with Gasteiger partial charge in [0.2, 0.25) is 0 Å². The lowest BCUT2D eigenvalue weighted by molar-refractivity contribution is 0.313. The maximum absolute atomic E-state index is 5.87. The minimum Gasteiger partial charge on any atom is -0.493 e. The Hall–Kier alpha value is -1.96. The van der Waals surface area contributed by atoms with E-state index in [0.717, 1.165) is 47.1 Å². The molecule has 0 aliphatic carbocycles. The summed E-state index contributed by atoms with van der Waals surface area (Å²) in [5.41, 5.74) is 1.81. The second-order valence-electron chi connectivity index (χ2n) is 4.43. The van der Waals surface area contributed by atoms with Gasteiger partial charge in [-0.3, -0.25) is 0 Å². The molecule has 2 aromatic carbocycles. The number of rotatable bonds is 4. The van der Waals surface area contributed by atoms with Gasteiger partial charge in [-0.15, -0.1) is 0 Å². The van der Waals surface area contributed by atoms with Crippen LogP contribution in [-0.2, 0) is 0 Å². The van der Waals surface area contributed by atoms with Crippen molar-refractivity contribution >= 4 is 21.9 Å². The quantitative estimate of drug-likeness (QED) is 0.613. The van der Waals surface area contributed by atoms with Gasteiger partial charge in [-0.05, 0) is 24.6 Å². The van der Waals surface area contributed by atoms with E-state index in [4.69, 9.17) is 9.15 Å². The number of hydrogen-bond donors (Lipinski definition) is 0. The molecule has 0 saturated carbocycles. The molecule has 0 N–H and O–H groups in total. The molecule has 0 atom stereocenters. The summed E-state index contributed by atoms with van der Waals surface area (Å²) in [5, 5.41) is 2.21. The van der Waals surface area contributed by atoms with Gasteiger partial charge in [0, 0.05) is 5.39 Å². The third-order valence-electron chi connectivity index (χ3n) is 3.12. The highest BCUT2D eigenvalue weighted by Crippen LogP contribution is 2.35. The van der Waals surface area contributed by atoms with Gasteiger partial charge in [0.05, 0.1) is 12.0 Å². The topological polar surface area (TPSA) is 22.4 Å². The Morgan fingerprint density at radius 3 is 2.72 bits per heavy atom. The molecule has 0 bridgehead atoms. The molecule has 0 unspecified atom stereocenters. The summed E-state index contributed by atoms with van der Waals surface area (Å²) in [6, 6.07) is 14.1. The van der Waals surface area contributed by atoms with Gasteiger partial charge in [0.25, 0.3) is 0 Å². The van der Waals surface area contributed by atoms with Crippen molar-refractivity contribution in [2.45, 2.75) is 19.8 Å². The Balaban J connectivity index is 2.13. The lowest BCUT2D eigenvalue weighted by atomic mass is 10.1. The monoisotopic (exact) mass is 240 g/mol. The first-order valence-electron chi connectivity index (χ1n) is 6.43. The van der Waals surface area contributed by atoms with Crippen molar-refractivity contribution in [1.82, 2.24) is 0 Å². The van der Waals surface area contributed by atoms with Crippen LogP contribution in [0.5, 0.6) is 5.75 Å². The predicted molar refractivity (Wildman–Crippen MR) is 74.1 cm³/mol. The van der Waals surface area contributed by atoms with E-state index in [1.54, 1.807) is 0 Å². The molecule has 0 fully saturated rings.